The van der Waals surface area contributed by atoms with Crippen LogP contribution in [0.3, 0.4) is 0 Å². The number of ether oxygens (including phenoxy) is 1. The van der Waals surface area contributed by atoms with Crippen LogP contribution in [-0.4, -0.2) is 32.7 Å². The van der Waals surface area contributed by atoms with Crippen molar-refractivity contribution >= 4 is 52.5 Å². The fourth-order valence-corrected chi connectivity index (χ4v) is 3.36. The van der Waals surface area contributed by atoms with Gasteiger partial charge in [-0.05, 0) is 43.3 Å². The highest BCUT2D eigenvalue weighted by atomic mass is 35.5. The third-order valence-electron chi connectivity index (χ3n) is 3.99. The Bertz CT molecular complexity index is 1070. The first kappa shape index (κ1) is 23.5. The van der Waals surface area contributed by atoms with Gasteiger partial charge in [-0.2, -0.15) is 23.7 Å². The molecule has 3 aromatic rings. The SMILES string of the molecule is CC(SCc1nc(N)nc(Nc2ccc(Cl)cc2)n1)C(=O)Nc1ccccc1OC(F)F. The number of para-hydroxylation sites is 2. The fraction of sp³-hybridized carbons (Fsp3) is 0.200. The van der Waals surface area contributed by atoms with Crippen molar-refractivity contribution in [1.29, 1.82) is 0 Å². The number of nitrogens with one attached hydrogen (secondary N) is 2. The van der Waals surface area contributed by atoms with Crippen molar-refractivity contribution in [2.24, 2.45) is 0 Å². The third-order valence-corrected chi connectivity index (χ3v) is 5.38. The molecule has 2 aromatic carbocycles. The van der Waals surface area contributed by atoms with E-state index in [9.17, 15) is 13.6 Å². The molecule has 0 aliphatic rings. The number of anilines is 4. The molecule has 0 spiro atoms. The molecule has 0 fully saturated rings. The van der Waals surface area contributed by atoms with Gasteiger partial charge in [0, 0.05) is 10.7 Å². The molecule has 0 saturated heterocycles. The third kappa shape index (κ3) is 6.92. The number of hydrogen-bond acceptors (Lipinski definition) is 8. The van der Waals surface area contributed by atoms with Crippen molar-refractivity contribution in [2.75, 3.05) is 16.4 Å². The van der Waals surface area contributed by atoms with E-state index < -0.39 is 11.9 Å². The Kier molecular flexibility index (Phi) is 8.01. The van der Waals surface area contributed by atoms with Crippen molar-refractivity contribution < 1.29 is 18.3 Å². The van der Waals surface area contributed by atoms with Gasteiger partial charge in [-0.1, -0.05) is 23.7 Å². The first-order chi connectivity index (χ1) is 15.3. The van der Waals surface area contributed by atoms with Crippen molar-refractivity contribution in [2.45, 2.75) is 24.5 Å². The van der Waals surface area contributed by atoms with Gasteiger partial charge in [-0.3, -0.25) is 4.79 Å². The standard InChI is InChI=1S/C20H19ClF2N6O2S/c1-11(17(30)26-14-4-2-3-5-15(14)31-18(22)23)32-10-16-27-19(24)29-20(28-16)25-13-8-6-12(21)7-9-13/h2-9,11,18H,10H2,1H3,(H,26,30)(H3,24,25,27,28,29). The average Bonchev–Trinajstić information content (AvgIpc) is 2.74. The fourth-order valence-electron chi connectivity index (χ4n) is 2.50. The Morgan fingerprint density at radius 1 is 1.16 bits per heavy atom. The molecule has 1 heterocycles. The number of thioether (sulfide) groups is 1. The highest BCUT2D eigenvalue weighted by Crippen LogP contribution is 2.27. The van der Waals surface area contributed by atoms with E-state index in [4.69, 9.17) is 17.3 Å². The van der Waals surface area contributed by atoms with Crippen molar-refractivity contribution in [3.8, 4) is 5.75 Å². The molecule has 0 aliphatic carbocycles. The number of carbonyl (C=O) groups is 1. The molecule has 0 radical (unpaired) electrons. The Morgan fingerprint density at radius 2 is 1.88 bits per heavy atom. The van der Waals surface area contributed by atoms with Gasteiger partial charge in [0.25, 0.3) is 0 Å². The highest BCUT2D eigenvalue weighted by Gasteiger charge is 2.18. The second kappa shape index (κ2) is 10.9. The monoisotopic (exact) mass is 480 g/mol. The van der Waals surface area contributed by atoms with E-state index in [1.807, 2.05) is 0 Å². The highest BCUT2D eigenvalue weighted by molar-refractivity contribution is 7.99. The van der Waals surface area contributed by atoms with Crippen molar-refractivity contribution in [3.05, 3.63) is 59.4 Å². The summed E-state index contributed by atoms with van der Waals surface area (Å²) in [6.07, 6.45) is 0. The van der Waals surface area contributed by atoms with Gasteiger partial charge in [-0.15, -0.1) is 11.8 Å². The van der Waals surface area contributed by atoms with Gasteiger partial charge < -0.3 is 21.1 Å². The number of nitrogens with two attached hydrogens (primary N) is 1. The zero-order valence-electron chi connectivity index (χ0n) is 16.8. The van der Waals surface area contributed by atoms with Crippen LogP contribution < -0.4 is 21.1 Å². The van der Waals surface area contributed by atoms with E-state index in [-0.39, 0.29) is 35.0 Å². The van der Waals surface area contributed by atoms with Gasteiger partial charge in [0.15, 0.2) is 0 Å². The molecule has 32 heavy (non-hydrogen) atoms. The van der Waals surface area contributed by atoms with E-state index in [0.29, 0.717) is 10.8 Å². The lowest BCUT2D eigenvalue weighted by Gasteiger charge is -2.15. The lowest BCUT2D eigenvalue weighted by Crippen LogP contribution is -2.23. The Hall–Kier alpha value is -3.18. The smallest absolute Gasteiger partial charge is 0.387 e. The van der Waals surface area contributed by atoms with Crippen LogP contribution in [-0.2, 0) is 10.5 Å². The maximum absolute atomic E-state index is 12.5. The second-order valence-corrected chi connectivity index (χ2v) is 8.15. The zero-order valence-corrected chi connectivity index (χ0v) is 18.3. The Morgan fingerprint density at radius 3 is 2.59 bits per heavy atom. The van der Waals surface area contributed by atoms with Crippen LogP contribution in [0.2, 0.25) is 5.02 Å². The number of hydrogen-bond donors (Lipinski definition) is 3. The van der Waals surface area contributed by atoms with E-state index >= 15 is 0 Å². The van der Waals surface area contributed by atoms with Gasteiger partial charge in [0.2, 0.25) is 17.8 Å². The first-order valence-corrected chi connectivity index (χ1v) is 10.7. The molecule has 8 nitrogen and oxygen atoms in total. The lowest BCUT2D eigenvalue weighted by atomic mass is 10.3. The van der Waals surface area contributed by atoms with Crippen LogP contribution in [0.5, 0.6) is 5.75 Å². The summed E-state index contributed by atoms with van der Waals surface area (Å²) in [6, 6.07) is 12.9. The molecule has 4 N–H and O–H groups in total. The number of nitrogen functional groups attached to an aromatic ring is 1. The van der Waals surface area contributed by atoms with Crippen LogP contribution in [0.1, 0.15) is 12.7 Å². The summed E-state index contributed by atoms with van der Waals surface area (Å²) in [5.41, 5.74) is 6.65. The molecule has 1 aromatic heterocycles. The molecular formula is C20H19ClF2N6O2S. The Labute approximate surface area is 192 Å². The van der Waals surface area contributed by atoms with Crippen LogP contribution in [0.25, 0.3) is 0 Å². The minimum atomic E-state index is -3.00. The normalized spacial score (nSPS) is 11.8. The number of alkyl halides is 2. The van der Waals surface area contributed by atoms with Crippen LogP contribution >= 0.6 is 23.4 Å². The number of nitrogens with zero attached hydrogens (tertiary/aromatic N) is 3. The maximum Gasteiger partial charge on any atom is 0.387 e. The number of halogens is 3. The average molecular weight is 481 g/mol. The molecule has 168 valence electrons. The molecule has 1 atom stereocenters. The number of benzene rings is 2. The molecule has 3 rings (SSSR count). The summed E-state index contributed by atoms with van der Waals surface area (Å²) in [5, 5.41) is 5.66. The number of aromatic nitrogens is 3. The van der Waals surface area contributed by atoms with Gasteiger partial charge >= 0.3 is 6.61 Å². The quantitative estimate of drug-likeness (QED) is 0.403. The van der Waals surface area contributed by atoms with E-state index in [0.717, 1.165) is 5.69 Å². The molecule has 0 saturated carbocycles. The predicted molar refractivity (Wildman–Crippen MR) is 121 cm³/mol. The summed E-state index contributed by atoms with van der Waals surface area (Å²) < 4.78 is 29.5. The summed E-state index contributed by atoms with van der Waals surface area (Å²) in [7, 11) is 0. The van der Waals surface area contributed by atoms with Crippen LogP contribution in [0.15, 0.2) is 48.5 Å². The number of rotatable bonds is 9. The van der Waals surface area contributed by atoms with Crippen molar-refractivity contribution in [1.82, 2.24) is 15.0 Å². The summed E-state index contributed by atoms with van der Waals surface area (Å²) in [4.78, 5) is 25.0. The largest absolute Gasteiger partial charge is 0.433 e. The van der Waals surface area contributed by atoms with Gasteiger partial charge in [0.05, 0.1) is 16.7 Å². The molecule has 0 bridgehead atoms. The van der Waals surface area contributed by atoms with E-state index in [1.54, 1.807) is 37.3 Å². The van der Waals surface area contributed by atoms with E-state index in [2.05, 4.69) is 30.3 Å². The predicted octanol–water partition coefficient (Wildman–Crippen LogP) is 4.71. The number of carbonyl (C=O) groups excluding carboxylic acids is 1. The molecular weight excluding hydrogens is 462 g/mol. The molecule has 0 aliphatic heterocycles. The Balaban J connectivity index is 1.60. The molecule has 12 heteroatoms. The first-order valence-electron chi connectivity index (χ1n) is 9.29. The molecule has 1 amide bonds. The minimum Gasteiger partial charge on any atom is -0.433 e. The topological polar surface area (TPSA) is 115 Å². The van der Waals surface area contributed by atoms with Crippen LogP contribution in [0.4, 0.5) is 32.1 Å². The van der Waals surface area contributed by atoms with E-state index in [1.165, 1.54) is 30.0 Å². The van der Waals surface area contributed by atoms with Gasteiger partial charge in [-0.25, -0.2) is 0 Å². The summed E-state index contributed by atoms with van der Waals surface area (Å²) >= 11 is 7.13. The van der Waals surface area contributed by atoms with Crippen molar-refractivity contribution in [3.63, 3.8) is 0 Å². The summed E-state index contributed by atoms with van der Waals surface area (Å²) in [6.45, 7) is -1.32. The lowest BCUT2D eigenvalue weighted by molar-refractivity contribution is -0.115. The number of amides is 1. The van der Waals surface area contributed by atoms with Crippen LogP contribution in [0, 0.1) is 0 Å². The zero-order chi connectivity index (χ0) is 23.1. The van der Waals surface area contributed by atoms with Gasteiger partial charge in [0.1, 0.15) is 11.6 Å². The summed E-state index contributed by atoms with van der Waals surface area (Å²) in [5.74, 6) is 0.428. The molecule has 1 unspecified atom stereocenters. The second-order valence-electron chi connectivity index (χ2n) is 6.38. The minimum absolute atomic E-state index is 0.0299. The maximum atomic E-state index is 12.5.